The quantitative estimate of drug-likeness (QED) is 0.768. The molecule has 1 aromatic rings. The van der Waals surface area contributed by atoms with E-state index in [0.717, 1.165) is 24.8 Å². The van der Waals surface area contributed by atoms with Gasteiger partial charge >= 0.3 is 0 Å². The van der Waals surface area contributed by atoms with Crippen LogP contribution in [0.3, 0.4) is 0 Å². The fourth-order valence-electron chi connectivity index (χ4n) is 2.40. The molecule has 0 bridgehead atoms. The van der Waals surface area contributed by atoms with Crippen molar-refractivity contribution < 1.29 is 5.11 Å². The molecule has 4 heteroatoms. The maximum absolute atomic E-state index is 10.8. The Hall–Kier alpha value is -0.0900. The van der Waals surface area contributed by atoms with Crippen molar-refractivity contribution in [3.8, 4) is 0 Å². The van der Waals surface area contributed by atoms with Gasteiger partial charge in [0.15, 0.2) is 5.72 Å². The van der Waals surface area contributed by atoms with Crippen LogP contribution in [0.4, 0.5) is 0 Å². The van der Waals surface area contributed by atoms with Crippen molar-refractivity contribution in [1.29, 1.82) is 0 Å². The van der Waals surface area contributed by atoms with Gasteiger partial charge in [0.2, 0.25) is 0 Å². The first-order valence-electron chi connectivity index (χ1n) is 6.61. The van der Waals surface area contributed by atoms with Crippen LogP contribution in [0.2, 0.25) is 5.02 Å². The van der Waals surface area contributed by atoms with Gasteiger partial charge in [-0.2, -0.15) is 0 Å². The highest BCUT2D eigenvalue weighted by Crippen LogP contribution is 2.41. The first kappa shape index (κ1) is 16.0. The lowest BCUT2D eigenvalue weighted by Gasteiger charge is -2.36. The molecule has 0 saturated heterocycles. The Labute approximate surface area is 119 Å². The summed E-state index contributed by atoms with van der Waals surface area (Å²) in [4.78, 5) is 0.709. The third-order valence-corrected chi connectivity index (χ3v) is 5.60. The SMILES string of the molecule is CCCC(C(C)CC)C(N)(O)c1scc(C)c1Cl. The third kappa shape index (κ3) is 3.08. The number of aryl methyl sites for hydroxylation is 1. The second-order valence-electron chi connectivity index (χ2n) is 5.17. The minimum atomic E-state index is -1.32. The zero-order chi connectivity index (χ0) is 13.9. The highest BCUT2D eigenvalue weighted by atomic mass is 35.5. The van der Waals surface area contributed by atoms with E-state index in [2.05, 4.69) is 20.8 Å². The van der Waals surface area contributed by atoms with Crippen LogP contribution in [0, 0.1) is 18.8 Å². The lowest BCUT2D eigenvalue weighted by Crippen LogP contribution is -2.46. The molecule has 3 atom stereocenters. The topological polar surface area (TPSA) is 46.2 Å². The highest BCUT2D eigenvalue weighted by Gasteiger charge is 2.39. The van der Waals surface area contributed by atoms with Crippen LogP contribution < -0.4 is 5.73 Å². The third-order valence-electron chi connectivity index (χ3n) is 3.76. The summed E-state index contributed by atoms with van der Waals surface area (Å²) in [6.45, 7) is 8.33. The molecule has 18 heavy (non-hydrogen) atoms. The molecule has 1 rings (SSSR count). The van der Waals surface area contributed by atoms with Gasteiger partial charge in [-0.1, -0.05) is 45.2 Å². The molecule has 0 spiro atoms. The Morgan fingerprint density at radius 3 is 2.50 bits per heavy atom. The maximum atomic E-state index is 10.8. The van der Waals surface area contributed by atoms with Gasteiger partial charge in [0.05, 0.1) is 9.90 Å². The van der Waals surface area contributed by atoms with E-state index in [1.807, 2.05) is 12.3 Å². The van der Waals surface area contributed by atoms with E-state index in [9.17, 15) is 5.11 Å². The molecule has 104 valence electrons. The molecule has 0 aliphatic rings. The second kappa shape index (κ2) is 6.38. The van der Waals surface area contributed by atoms with Crippen LogP contribution in [-0.2, 0) is 5.72 Å². The number of aliphatic hydroxyl groups is 1. The molecule has 3 N–H and O–H groups in total. The van der Waals surface area contributed by atoms with Crippen LogP contribution in [0.1, 0.15) is 50.5 Å². The van der Waals surface area contributed by atoms with E-state index in [1.54, 1.807) is 0 Å². The summed E-state index contributed by atoms with van der Waals surface area (Å²) >= 11 is 7.71. The molecule has 1 heterocycles. The van der Waals surface area contributed by atoms with E-state index in [4.69, 9.17) is 17.3 Å². The van der Waals surface area contributed by atoms with Gasteiger partial charge in [-0.3, -0.25) is 5.73 Å². The standard InChI is InChI=1S/C14H24ClNOS/c1-5-7-11(9(3)6-2)14(16,17)13-12(15)10(4)8-18-13/h8-9,11,17H,5-7,16H2,1-4H3. The van der Waals surface area contributed by atoms with Gasteiger partial charge in [-0.25, -0.2) is 0 Å². The van der Waals surface area contributed by atoms with Crippen LogP contribution in [0.15, 0.2) is 5.38 Å². The monoisotopic (exact) mass is 289 g/mol. The summed E-state index contributed by atoms with van der Waals surface area (Å²) in [5, 5.41) is 13.3. The van der Waals surface area contributed by atoms with E-state index in [1.165, 1.54) is 11.3 Å². The molecular formula is C14H24ClNOS. The van der Waals surface area contributed by atoms with Gasteiger partial charge in [0.25, 0.3) is 0 Å². The van der Waals surface area contributed by atoms with Gasteiger partial charge in [0, 0.05) is 5.92 Å². The molecule has 0 radical (unpaired) electrons. The molecule has 1 aromatic heterocycles. The van der Waals surface area contributed by atoms with Crippen molar-refractivity contribution >= 4 is 22.9 Å². The lowest BCUT2D eigenvalue weighted by molar-refractivity contribution is -0.0424. The van der Waals surface area contributed by atoms with E-state index in [-0.39, 0.29) is 5.92 Å². The predicted molar refractivity (Wildman–Crippen MR) is 80.0 cm³/mol. The highest BCUT2D eigenvalue weighted by molar-refractivity contribution is 7.10. The molecule has 0 saturated carbocycles. The van der Waals surface area contributed by atoms with Crippen molar-refractivity contribution in [2.24, 2.45) is 17.6 Å². The number of thiophene rings is 1. The number of hydrogen-bond donors (Lipinski definition) is 2. The number of rotatable bonds is 6. The molecule has 0 fully saturated rings. The smallest absolute Gasteiger partial charge is 0.153 e. The zero-order valence-corrected chi connectivity index (χ0v) is 13.2. The first-order valence-corrected chi connectivity index (χ1v) is 7.87. The van der Waals surface area contributed by atoms with Crippen molar-refractivity contribution in [3.05, 3.63) is 20.8 Å². The van der Waals surface area contributed by atoms with Gasteiger partial charge in [-0.05, 0) is 30.2 Å². The zero-order valence-electron chi connectivity index (χ0n) is 11.7. The van der Waals surface area contributed by atoms with E-state index in [0.29, 0.717) is 15.8 Å². The number of halogens is 1. The van der Waals surface area contributed by atoms with Gasteiger partial charge < -0.3 is 5.11 Å². The molecule has 3 unspecified atom stereocenters. The van der Waals surface area contributed by atoms with Crippen molar-refractivity contribution in [2.45, 2.75) is 52.7 Å². The predicted octanol–water partition coefficient (Wildman–Crippen LogP) is 4.28. The molecule has 0 aliphatic heterocycles. The lowest BCUT2D eigenvalue weighted by atomic mass is 9.79. The van der Waals surface area contributed by atoms with Crippen LogP contribution >= 0.6 is 22.9 Å². The molecular weight excluding hydrogens is 266 g/mol. The molecule has 0 amide bonds. The number of hydrogen-bond acceptors (Lipinski definition) is 3. The molecule has 2 nitrogen and oxygen atoms in total. The molecule has 0 aliphatic carbocycles. The summed E-state index contributed by atoms with van der Waals surface area (Å²) in [7, 11) is 0. The van der Waals surface area contributed by atoms with Crippen molar-refractivity contribution in [3.63, 3.8) is 0 Å². The van der Waals surface area contributed by atoms with Gasteiger partial charge in [-0.15, -0.1) is 11.3 Å². The Bertz CT molecular complexity index is 389. The Morgan fingerprint density at radius 2 is 2.11 bits per heavy atom. The second-order valence-corrected chi connectivity index (χ2v) is 6.43. The van der Waals surface area contributed by atoms with Crippen LogP contribution in [0.5, 0.6) is 0 Å². The fourth-order valence-corrected chi connectivity index (χ4v) is 3.82. The van der Waals surface area contributed by atoms with Crippen LogP contribution in [0.25, 0.3) is 0 Å². The maximum Gasteiger partial charge on any atom is 0.153 e. The van der Waals surface area contributed by atoms with Crippen molar-refractivity contribution in [2.75, 3.05) is 0 Å². The summed E-state index contributed by atoms with van der Waals surface area (Å²) in [6, 6.07) is 0. The number of nitrogens with two attached hydrogens (primary N) is 1. The van der Waals surface area contributed by atoms with Gasteiger partial charge in [0.1, 0.15) is 0 Å². The minimum absolute atomic E-state index is 0.0445. The Kier molecular flexibility index (Phi) is 5.66. The fraction of sp³-hybridized carbons (Fsp3) is 0.714. The first-order chi connectivity index (χ1) is 8.36. The van der Waals surface area contributed by atoms with E-state index < -0.39 is 5.72 Å². The normalized spacial score (nSPS) is 18.4. The van der Waals surface area contributed by atoms with Crippen molar-refractivity contribution in [1.82, 2.24) is 0 Å². The van der Waals surface area contributed by atoms with E-state index >= 15 is 0 Å². The summed E-state index contributed by atoms with van der Waals surface area (Å²) in [5.41, 5.74) is 5.91. The average Bonchev–Trinajstić information content (AvgIpc) is 2.66. The summed E-state index contributed by atoms with van der Waals surface area (Å²) < 4.78 is 0. The summed E-state index contributed by atoms with van der Waals surface area (Å²) in [6.07, 6.45) is 2.93. The minimum Gasteiger partial charge on any atom is -0.371 e. The Morgan fingerprint density at radius 1 is 1.50 bits per heavy atom. The Balaban J connectivity index is 3.11. The molecule has 0 aromatic carbocycles. The summed E-state index contributed by atoms with van der Waals surface area (Å²) in [5.74, 6) is 0.418. The van der Waals surface area contributed by atoms with Crippen LogP contribution in [-0.4, -0.2) is 5.11 Å². The average molecular weight is 290 g/mol. The largest absolute Gasteiger partial charge is 0.371 e.